The smallest absolute Gasteiger partial charge is 0.0521 e. The molecule has 0 bridgehead atoms. The molecular weight excluding hydrogens is 222 g/mol. The summed E-state index contributed by atoms with van der Waals surface area (Å²) in [5, 5.41) is 7.99. The Kier molecular flexibility index (Phi) is 6.41. The number of nitrogens with zero attached hydrogens (tertiary/aromatic N) is 2. The maximum absolute atomic E-state index is 4.36. The van der Waals surface area contributed by atoms with E-state index in [1.54, 1.807) is 0 Å². The number of hydrogen-bond donors (Lipinski definition) is 1. The highest BCUT2D eigenvalue weighted by atomic mass is 15.3. The zero-order valence-electron chi connectivity index (χ0n) is 12.6. The average Bonchev–Trinajstić information content (AvgIpc) is 2.80. The second kappa shape index (κ2) is 7.57. The van der Waals surface area contributed by atoms with Gasteiger partial charge in [0.2, 0.25) is 0 Å². The summed E-state index contributed by atoms with van der Waals surface area (Å²) in [6.45, 7) is 13.4. The Bertz CT molecular complexity index is 330. The van der Waals surface area contributed by atoms with E-state index in [2.05, 4.69) is 51.2 Å². The first-order chi connectivity index (χ1) is 8.58. The highest BCUT2D eigenvalue weighted by Crippen LogP contribution is 2.20. The second-order valence-corrected chi connectivity index (χ2v) is 5.56. The van der Waals surface area contributed by atoms with Gasteiger partial charge in [0.15, 0.2) is 0 Å². The lowest BCUT2D eigenvalue weighted by molar-refractivity contribution is 0.289. The van der Waals surface area contributed by atoms with Crippen LogP contribution in [0.3, 0.4) is 0 Å². The summed E-state index contributed by atoms with van der Waals surface area (Å²) in [4.78, 5) is 0. The molecule has 0 aliphatic rings. The summed E-state index contributed by atoms with van der Waals surface area (Å²) < 4.78 is 2.01. The van der Waals surface area contributed by atoms with E-state index in [0.717, 1.165) is 19.5 Å². The minimum Gasteiger partial charge on any atom is -0.314 e. The van der Waals surface area contributed by atoms with Crippen LogP contribution in [0, 0.1) is 11.8 Å². The predicted molar refractivity (Wildman–Crippen MR) is 77.7 cm³/mol. The third-order valence-electron chi connectivity index (χ3n) is 3.70. The van der Waals surface area contributed by atoms with E-state index in [1.165, 1.54) is 12.0 Å². The van der Waals surface area contributed by atoms with Gasteiger partial charge in [0.05, 0.1) is 6.20 Å². The molecule has 1 heterocycles. The van der Waals surface area contributed by atoms with Gasteiger partial charge in [-0.15, -0.1) is 0 Å². The molecule has 0 saturated heterocycles. The number of rotatable bonds is 8. The van der Waals surface area contributed by atoms with Crippen LogP contribution in [-0.4, -0.2) is 22.4 Å². The summed E-state index contributed by atoms with van der Waals surface area (Å²) in [6.07, 6.45) is 6.52. The first kappa shape index (κ1) is 15.2. The van der Waals surface area contributed by atoms with E-state index in [0.29, 0.717) is 17.9 Å². The fourth-order valence-electron chi connectivity index (χ4n) is 2.47. The topological polar surface area (TPSA) is 29.9 Å². The van der Waals surface area contributed by atoms with Gasteiger partial charge in [-0.05, 0) is 50.6 Å². The lowest BCUT2D eigenvalue weighted by Gasteiger charge is -2.28. The Morgan fingerprint density at radius 1 is 1.28 bits per heavy atom. The normalized spacial score (nSPS) is 15.0. The van der Waals surface area contributed by atoms with Crippen LogP contribution in [0.4, 0.5) is 0 Å². The molecule has 3 nitrogen and oxygen atoms in total. The van der Waals surface area contributed by atoms with Crippen LogP contribution in [0.1, 0.15) is 46.6 Å². The molecule has 2 unspecified atom stereocenters. The molecule has 0 amide bonds. The number of aromatic nitrogens is 2. The van der Waals surface area contributed by atoms with Gasteiger partial charge in [0.25, 0.3) is 0 Å². The van der Waals surface area contributed by atoms with Crippen molar-refractivity contribution in [2.45, 2.75) is 60.0 Å². The summed E-state index contributed by atoms with van der Waals surface area (Å²) in [6, 6.07) is 0.565. The zero-order chi connectivity index (χ0) is 13.5. The SMILES string of the molecule is CCCNC(C)C(Cc1cnn(CC)c1)C(C)C. The number of nitrogens with one attached hydrogen (secondary N) is 1. The van der Waals surface area contributed by atoms with Crippen molar-refractivity contribution in [1.29, 1.82) is 0 Å². The van der Waals surface area contributed by atoms with Crippen molar-refractivity contribution in [2.75, 3.05) is 6.54 Å². The summed E-state index contributed by atoms with van der Waals surface area (Å²) in [5.74, 6) is 1.36. The fraction of sp³-hybridized carbons (Fsp3) is 0.800. The van der Waals surface area contributed by atoms with Crippen molar-refractivity contribution in [3.8, 4) is 0 Å². The molecule has 18 heavy (non-hydrogen) atoms. The van der Waals surface area contributed by atoms with Crippen LogP contribution in [0.5, 0.6) is 0 Å². The molecule has 0 aliphatic carbocycles. The quantitative estimate of drug-likeness (QED) is 0.769. The third-order valence-corrected chi connectivity index (χ3v) is 3.70. The van der Waals surface area contributed by atoms with Crippen LogP contribution in [0.2, 0.25) is 0 Å². The monoisotopic (exact) mass is 251 g/mol. The van der Waals surface area contributed by atoms with Gasteiger partial charge in [0, 0.05) is 18.8 Å². The van der Waals surface area contributed by atoms with Crippen LogP contribution in [0.25, 0.3) is 0 Å². The van der Waals surface area contributed by atoms with Gasteiger partial charge in [-0.1, -0.05) is 20.8 Å². The molecule has 0 saturated carbocycles. The average molecular weight is 251 g/mol. The second-order valence-electron chi connectivity index (χ2n) is 5.56. The number of aryl methyl sites for hydroxylation is 1. The maximum atomic E-state index is 4.36. The van der Waals surface area contributed by atoms with E-state index < -0.39 is 0 Å². The summed E-state index contributed by atoms with van der Waals surface area (Å²) in [7, 11) is 0. The third kappa shape index (κ3) is 4.45. The van der Waals surface area contributed by atoms with Gasteiger partial charge >= 0.3 is 0 Å². The van der Waals surface area contributed by atoms with E-state index in [1.807, 2.05) is 10.9 Å². The van der Waals surface area contributed by atoms with Crippen LogP contribution in [0.15, 0.2) is 12.4 Å². The van der Waals surface area contributed by atoms with E-state index in [9.17, 15) is 0 Å². The standard InChI is InChI=1S/C15H29N3/c1-6-8-16-13(5)15(12(3)4)9-14-10-17-18(7-2)11-14/h10-13,15-16H,6-9H2,1-5H3. The molecule has 1 aromatic rings. The maximum Gasteiger partial charge on any atom is 0.0521 e. The lowest BCUT2D eigenvalue weighted by Crippen LogP contribution is -2.37. The summed E-state index contributed by atoms with van der Waals surface area (Å²) >= 11 is 0. The molecule has 0 radical (unpaired) electrons. The molecular formula is C15H29N3. The molecule has 0 aliphatic heterocycles. The Morgan fingerprint density at radius 3 is 2.50 bits per heavy atom. The lowest BCUT2D eigenvalue weighted by atomic mass is 9.84. The van der Waals surface area contributed by atoms with E-state index >= 15 is 0 Å². The van der Waals surface area contributed by atoms with E-state index in [-0.39, 0.29) is 0 Å². The minimum atomic E-state index is 0.565. The van der Waals surface area contributed by atoms with Crippen molar-refractivity contribution in [3.05, 3.63) is 18.0 Å². The molecule has 104 valence electrons. The molecule has 0 fully saturated rings. The van der Waals surface area contributed by atoms with Crippen LogP contribution < -0.4 is 5.32 Å². The Labute approximate surface area is 112 Å². The Morgan fingerprint density at radius 2 is 2.00 bits per heavy atom. The molecule has 1 rings (SSSR count). The van der Waals surface area contributed by atoms with Crippen LogP contribution in [-0.2, 0) is 13.0 Å². The van der Waals surface area contributed by atoms with Crippen molar-refractivity contribution in [1.82, 2.24) is 15.1 Å². The van der Waals surface area contributed by atoms with Crippen molar-refractivity contribution in [3.63, 3.8) is 0 Å². The highest BCUT2D eigenvalue weighted by Gasteiger charge is 2.21. The molecule has 1 aromatic heterocycles. The Hall–Kier alpha value is -0.830. The number of hydrogen-bond acceptors (Lipinski definition) is 2. The zero-order valence-corrected chi connectivity index (χ0v) is 12.6. The van der Waals surface area contributed by atoms with Crippen LogP contribution >= 0.6 is 0 Å². The predicted octanol–water partition coefficient (Wildman–Crippen LogP) is 3.11. The first-order valence-corrected chi connectivity index (χ1v) is 7.33. The van der Waals surface area contributed by atoms with E-state index in [4.69, 9.17) is 0 Å². The highest BCUT2D eigenvalue weighted by molar-refractivity contribution is 5.06. The summed E-state index contributed by atoms with van der Waals surface area (Å²) in [5.41, 5.74) is 1.36. The molecule has 0 spiro atoms. The fourth-order valence-corrected chi connectivity index (χ4v) is 2.47. The molecule has 0 aromatic carbocycles. The molecule has 3 heteroatoms. The molecule has 1 N–H and O–H groups in total. The van der Waals surface area contributed by atoms with Crippen molar-refractivity contribution < 1.29 is 0 Å². The molecule has 2 atom stereocenters. The van der Waals surface area contributed by atoms with Crippen molar-refractivity contribution in [2.24, 2.45) is 11.8 Å². The van der Waals surface area contributed by atoms with Crippen molar-refractivity contribution >= 4 is 0 Å². The largest absolute Gasteiger partial charge is 0.314 e. The van der Waals surface area contributed by atoms with Gasteiger partial charge in [-0.25, -0.2) is 0 Å². The minimum absolute atomic E-state index is 0.565. The Balaban J connectivity index is 2.61. The van der Waals surface area contributed by atoms with Gasteiger partial charge in [0.1, 0.15) is 0 Å². The van der Waals surface area contributed by atoms with Gasteiger partial charge in [-0.2, -0.15) is 5.10 Å². The first-order valence-electron chi connectivity index (χ1n) is 7.33. The van der Waals surface area contributed by atoms with Gasteiger partial charge in [-0.3, -0.25) is 4.68 Å². The van der Waals surface area contributed by atoms with Gasteiger partial charge < -0.3 is 5.32 Å².